The molecule has 2 aliphatic heterocycles. The Kier molecular flexibility index (Phi) is 8.30. The topological polar surface area (TPSA) is 6.48 Å². The summed E-state index contributed by atoms with van der Waals surface area (Å²) in [6.07, 6.45) is 2.41. The van der Waals surface area contributed by atoms with Crippen LogP contribution in [0.3, 0.4) is 0 Å². The average Bonchev–Trinajstić information content (AvgIpc) is 3.50. The number of benzene rings is 5. The Labute approximate surface area is 347 Å². The first-order valence-corrected chi connectivity index (χ1v) is 22.1. The molecule has 1 aromatic heterocycles. The highest BCUT2D eigenvalue weighted by Gasteiger charge is 2.47. The lowest BCUT2D eigenvalue weighted by molar-refractivity contribution is 0.332. The highest BCUT2D eigenvalue weighted by Crippen LogP contribution is 2.52. The normalized spacial score (nSPS) is 17.0. The number of aryl methyl sites for hydroxylation is 1. The third kappa shape index (κ3) is 6.02. The Morgan fingerprint density at radius 3 is 1.53 bits per heavy atom. The van der Waals surface area contributed by atoms with Crippen LogP contribution in [0.2, 0.25) is 0 Å². The molecule has 0 radical (unpaired) electrons. The van der Waals surface area contributed by atoms with Gasteiger partial charge in [-0.3, -0.25) is 0 Å². The fourth-order valence-electron chi connectivity index (χ4n) is 9.94. The number of anilines is 6. The van der Waals surface area contributed by atoms with Crippen molar-refractivity contribution in [1.29, 1.82) is 0 Å². The Bertz CT molecular complexity index is 2580. The van der Waals surface area contributed by atoms with Gasteiger partial charge in [0.25, 0.3) is 6.71 Å². The van der Waals surface area contributed by atoms with E-state index in [4.69, 9.17) is 0 Å². The van der Waals surface area contributed by atoms with Crippen LogP contribution in [0.25, 0.3) is 10.1 Å². The van der Waals surface area contributed by atoms with E-state index in [2.05, 4.69) is 198 Å². The minimum atomic E-state index is 0.00826. The van der Waals surface area contributed by atoms with E-state index >= 15 is 0 Å². The molecule has 2 nitrogen and oxygen atoms in total. The average molecular weight is 769 g/mol. The predicted octanol–water partition coefficient (Wildman–Crippen LogP) is 13.5. The molecule has 0 amide bonds. The van der Waals surface area contributed by atoms with Crippen molar-refractivity contribution < 1.29 is 0 Å². The molecule has 5 aromatic carbocycles. The molecule has 1 aliphatic carbocycles. The zero-order valence-corrected chi connectivity index (χ0v) is 37.8. The first kappa shape index (κ1) is 38.3. The van der Waals surface area contributed by atoms with E-state index < -0.39 is 0 Å². The molecule has 0 atom stereocenters. The lowest BCUT2D eigenvalue weighted by Crippen LogP contribution is -2.61. The van der Waals surface area contributed by atoms with Gasteiger partial charge in [0.05, 0.1) is 5.00 Å². The molecule has 57 heavy (non-hydrogen) atoms. The molecule has 3 heterocycles. The number of fused-ring (bicyclic) bond motifs is 7. The SMILES string of the molecule is Cc1cc2c3c(c1)N(c1ccc(C(C)(C)C)cc1)c1sc4cc5c(cc4c1B3c1cc(C(C)(C)C)ccc1N2c1ccc(C(C)(C)C)cc1)C(C)(C)CCC5(C)C. The van der Waals surface area contributed by atoms with Gasteiger partial charge in [0, 0.05) is 33.1 Å². The lowest BCUT2D eigenvalue weighted by atomic mass is 9.33. The summed E-state index contributed by atoms with van der Waals surface area (Å²) in [4.78, 5) is 5.20. The Hall–Kier alpha value is -4.28. The lowest BCUT2D eigenvalue weighted by Gasteiger charge is -2.44. The molecule has 0 spiro atoms. The van der Waals surface area contributed by atoms with Gasteiger partial charge in [0.2, 0.25) is 0 Å². The van der Waals surface area contributed by atoms with Gasteiger partial charge in [-0.15, -0.1) is 11.3 Å². The predicted molar refractivity (Wildman–Crippen MR) is 252 cm³/mol. The number of hydrogen-bond donors (Lipinski definition) is 0. The summed E-state index contributed by atoms with van der Waals surface area (Å²) >= 11 is 2.00. The maximum Gasteiger partial charge on any atom is 0.254 e. The van der Waals surface area contributed by atoms with Gasteiger partial charge in [-0.1, -0.05) is 126 Å². The van der Waals surface area contributed by atoms with Crippen LogP contribution < -0.4 is 26.2 Å². The zero-order chi connectivity index (χ0) is 40.8. The van der Waals surface area contributed by atoms with Crippen molar-refractivity contribution in [2.45, 2.75) is 137 Å². The smallest absolute Gasteiger partial charge is 0.254 e. The van der Waals surface area contributed by atoms with E-state index in [1.54, 1.807) is 0 Å². The third-order valence-corrected chi connectivity index (χ3v) is 14.8. The summed E-state index contributed by atoms with van der Waals surface area (Å²) in [5, 5.41) is 2.78. The van der Waals surface area contributed by atoms with Gasteiger partial charge < -0.3 is 9.80 Å². The largest absolute Gasteiger partial charge is 0.311 e. The fraction of sp³-hybridized carbons (Fsp3) is 0.396. The Morgan fingerprint density at radius 1 is 0.526 bits per heavy atom. The molecular weight excluding hydrogens is 707 g/mol. The van der Waals surface area contributed by atoms with Crippen molar-refractivity contribution in [1.82, 2.24) is 0 Å². The van der Waals surface area contributed by atoms with Crippen LogP contribution >= 0.6 is 11.3 Å². The molecule has 3 aliphatic rings. The van der Waals surface area contributed by atoms with Crippen molar-refractivity contribution in [3.05, 3.63) is 124 Å². The zero-order valence-electron chi connectivity index (χ0n) is 37.0. The third-order valence-electron chi connectivity index (χ3n) is 13.7. The van der Waals surface area contributed by atoms with Crippen molar-refractivity contribution in [2.75, 3.05) is 9.80 Å². The minimum absolute atomic E-state index is 0.00826. The molecule has 6 aromatic rings. The van der Waals surface area contributed by atoms with Gasteiger partial charge in [-0.05, 0) is 157 Å². The maximum atomic E-state index is 2.64. The summed E-state index contributed by atoms with van der Waals surface area (Å²) < 4.78 is 1.40. The molecular formula is C53H61BN2S. The van der Waals surface area contributed by atoms with Crippen LogP contribution in [-0.4, -0.2) is 6.71 Å². The second kappa shape index (κ2) is 12.4. The summed E-state index contributed by atoms with van der Waals surface area (Å²) in [5.74, 6) is 0. The van der Waals surface area contributed by atoms with Gasteiger partial charge in [-0.2, -0.15) is 0 Å². The molecule has 9 rings (SSSR count). The van der Waals surface area contributed by atoms with Gasteiger partial charge in [0.1, 0.15) is 0 Å². The summed E-state index contributed by atoms with van der Waals surface area (Å²) in [7, 11) is 0. The van der Waals surface area contributed by atoms with Crippen LogP contribution in [0.5, 0.6) is 0 Å². The number of rotatable bonds is 2. The molecule has 0 fully saturated rings. The second-order valence-corrected chi connectivity index (χ2v) is 23.0. The maximum absolute atomic E-state index is 2.64. The van der Waals surface area contributed by atoms with Crippen molar-refractivity contribution >= 4 is 78.0 Å². The molecule has 0 saturated heterocycles. The number of hydrogen-bond acceptors (Lipinski definition) is 3. The van der Waals surface area contributed by atoms with Crippen molar-refractivity contribution in [3.63, 3.8) is 0 Å². The first-order chi connectivity index (χ1) is 26.5. The van der Waals surface area contributed by atoms with E-state index in [0.717, 1.165) is 0 Å². The number of thiophene rings is 1. The van der Waals surface area contributed by atoms with Gasteiger partial charge in [-0.25, -0.2) is 0 Å². The monoisotopic (exact) mass is 768 g/mol. The van der Waals surface area contributed by atoms with Crippen LogP contribution in [0.1, 0.15) is 136 Å². The first-order valence-electron chi connectivity index (χ1n) is 21.3. The molecule has 292 valence electrons. The van der Waals surface area contributed by atoms with E-state index in [1.165, 1.54) is 106 Å². The highest BCUT2D eigenvalue weighted by molar-refractivity contribution is 7.26. The van der Waals surface area contributed by atoms with Crippen LogP contribution in [0, 0.1) is 6.92 Å². The Balaban J connectivity index is 1.40. The fourth-order valence-corrected chi connectivity index (χ4v) is 11.2. The van der Waals surface area contributed by atoms with Crippen molar-refractivity contribution in [2.24, 2.45) is 0 Å². The summed E-state index contributed by atoms with van der Waals surface area (Å²) in [6.45, 7) is 33.1. The second-order valence-electron chi connectivity index (χ2n) is 21.9. The standard InChI is InChI=1S/C53H61BN2S/c1-32-27-43-47-44(28-32)56(37-22-17-34(18-23-37)50(5,6)7)48-46(38-30-39-40(31-45(38)57-48)53(13,14)26-25-52(39,11)12)54(47)41-29-35(51(8,9)10)19-24-42(41)55(43)36-20-15-33(16-21-36)49(2,3)4/h15-24,27-31H,25-26H2,1-14H3. The highest BCUT2D eigenvalue weighted by atomic mass is 32.1. The van der Waals surface area contributed by atoms with Gasteiger partial charge >= 0.3 is 0 Å². The van der Waals surface area contributed by atoms with E-state index in [0.29, 0.717) is 0 Å². The minimum Gasteiger partial charge on any atom is -0.311 e. The molecule has 0 N–H and O–H groups in total. The Morgan fingerprint density at radius 2 is 1.00 bits per heavy atom. The molecule has 4 heteroatoms. The molecule has 0 bridgehead atoms. The van der Waals surface area contributed by atoms with E-state index in [1.807, 2.05) is 11.3 Å². The van der Waals surface area contributed by atoms with Crippen LogP contribution in [0.15, 0.2) is 91.0 Å². The van der Waals surface area contributed by atoms with E-state index in [9.17, 15) is 0 Å². The van der Waals surface area contributed by atoms with Crippen molar-refractivity contribution in [3.8, 4) is 0 Å². The summed E-state index contributed by atoms with van der Waals surface area (Å²) in [6, 6.07) is 36.4. The van der Waals surface area contributed by atoms with E-state index in [-0.39, 0.29) is 33.8 Å². The molecule has 0 unspecified atom stereocenters. The summed E-state index contributed by atoms with van der Waals surface area (Å²) in [5.41, 5.74) is 19.4. The van der Waals surface area contributed by atoms with Crippen LogP contribution in [-0.2, 0) is 27.1 Å². The van der Waals surface area contributed by atoms with Crippen LogP contribution in [0.4, 0.5) is 33.4 Å². The quantitative estimate of drug-likeness (QED) is 0.162. The molecule has 0 saturated carbocycles. The number of nitrogens with zero attached hydrogens (tertiary/aromatic N) is 2. The van der Waals surface area contributed by atoms with Gasteiger partial charge in [0.15, 0.2) is 0 Å².